The Morgan fingerprint density at radius 1 is 1.00 bits per heavy atom. The molecule has 0 spiro atoms. The van der Waals surface area contributed by atoms with E-state index in [9.17, 15) is 14.3 Å². The van der Waals surface area contributed by atoms with Crippen molar-refractivity contribution in [1.82, 2.24) is 10.3 Å². The Balaban J connectivity index is 1.28. The number of aromatic nitrogens is 1. The van der Waals surface area contributed by atoms with Gasteiger partial charge in [-0.05, 0) is 67.8 Å². The normalized spacial score (nSPS) is 11.9. The van der Waals surface area contributed by atoms with Crippen LogP contribution in [0.1, 0.15) is 28.1 Å². The summed E-state index contributed by atoms with van der Waals surface area (Å²) in [4.78, 5) is 16.3. The summed E-state index contributed by atoms with van der Waals surface area (Å²) in [6.07, 6.45) is 0.925. The van der Waals surface area contributed by atoms with Gasteiger partial charge in [0.25, 0.3) is 0 Å². The second-order valence-corrected chi connectivity index (χ2v) is 8.73. The lowest BCUT2D eigenvalue weighted by atomic mass is 10.1. The first-order valence-corrected chi connectivity index (χ1v) is 11.8. The second-order valence-electron chi connectivity index (χ2n) is 8.73. The Hall–Kier alpha value is -3.97. The third-order valence-corrected chi connectivity index (χ3v) is 5.93. The van der Waals surface area contributed by atoms with Crippen LogP contribution in [0.15, 0.2) is 77.2 Å². The third-order valence-electron chi connectivity index (χ3n) is 5.93. The van der Waals surface area contributed by atoms with Gasteiger partial charge in [-0.1, -0.05) is 42.0 Å². The molecule has 4 aromatic rings. The van der Waals surface area contributed by atoms with Crippen LogP contribution in [0, 0.1) is 19.7 Å². The van der Waals surface area contributed by atoms with Gasteiger partial charge in [0.05, 0.1) is 12.3 Å². The Labute approximate surface area is 209 Å². The zero-order valence-corrected chi connectivity index (χ0v) is 20.3. The van der Waals surface area contributed by atoms with Gasteiger partial charge in [-0.2, -0.15) is 0 Å². The van der Waals surface area contributed by atoms with Crippen molar-refractivity contribution < 1.29 is 23.4 Å². The number of carboxylic acids is 1. The number of ether oxygens (including phenoxy) is 1. The van der Waals surface area contributed by atoms with E-state index in [0.717, 1.165) is 28.1 Å². The number of carboxylic acid groups (broad SMARTS) is 1. The standard InChI is InChI=1S/C29H29FN2O4/c1-19-3-9-23(10-4-19)28-32-26(20(2)36-28)15-16-35-25-13-7-21(8-14-25)17-27(29(33)34)31-18-22-5-11-24(30)12-6-22/h3-14,27,31H,15-18H2,1-2H3,(H,33,34). The molecule has 0 radical (unpaired) electrons. The summed E-state index contributed by atoms with van der Waals surface area (Å²) in [6.45, 7) is 4.72. The van der Waals surface area contributed by atoms with Crippen LogP contribution in [-0.2, 0) is 24.2 Å². The molecule has 36 heavy (non-hydrogen) atoms. The minimum absolute atomic E-state index is 0.316. The molecule has 1 atom stereocenters. The van der Waals surface area contributed by atoms with Crippen molar-refractivity contribution in [2.24, 2.45) is 0 Å². The fourth-order valence-electron chi connectivity index (χ4n) is 3.79. The lowest BCUT2D eigenvalue weighted by Gasteiger charge is -2.15. The van der Waals surface area contributed by atoms with Crippen LogP contribution in [0.3, 0.4) is 0 Å². The number of rotatable bonds is 11. The molecule has 186 valence electrons. The zero-order valence-electron chi connectivity index (χ0n) is 20.3. The molecule has 1 heterocycles. The predicted molar refractivity (Wildman–Crippen MR) is 135 cm³/mol. The highest BCUT2D eigenvalue weighted by Gasteiger charge is 2.17. The molecule has 7 heteroatoms. The van der Waals surface area contributed by atoms with E-state index in [-0.39, 0.29) is 5.82 Å². The highest BCUT2D eigenvalue weighted by Crippen LogP contribution is 2.23. The number of nitrogens with one attached hydrogen (secondary N) is 1. The molecule has 0 amide bonds. The Bertz CT molecular complexity index is 1280. The SMILES string of the molecule is Cc1ccc(-c2nc(CCOc3ccc(CC(NCc4ccc(F)cc4)C(=O)O)cc3)c(C)o2)cc1. The van der Waals surface area contributed by atoms with Crippen LogP contribution in [0.4, 0.5) is 4.39 Å². The summed E-state index contributed by atoms with van der Waals surface area (Å²) >= 11 is 0. The Kier molecular flexibility index (Phi) is 8.13. The minimum Gasteiger partial charge on any atom is -0.493 e. The van der Waals surface area contributed by atoms with E-state index >= 15 is 0 Å². The topological polar surface area (TPSA) is 84.6 Å². The molecule has 0 saturated carbocycles. The van der Waals surface area contributed by atoms with Crippen molar-refractivity contribution in [3.63, 3.8) is 0 Å². The van der Waals surface area contributed by atoms with Crippen LogP contribution in [0.5, 0.6) is 5.75 Å². The number of nitrogens with zero attached hydrogens (tertiary/aromatic N) is 1. The number of oxazole rings is 1. The molecule has 1 aromatic heterocycles. The van der Waals surface area contributed by atoms with Crippen LogP contribution in [-0.4, -0.2) is 28.7 Å². The molecule has 0 saturated heterocycles. The molecule has 3 aromatic carbocycles. The van der Waals surface area contributed by atoms with E-state index in [4.69, 9.17) is 9.15 Å². The molecule has 0 aliphatic carbocycles. The number of carbonyl (C=O) groups is 1. The van der Waals surface area contributed by atoms with Gasteiger partial charge in [0, 0.05) is 18.5 Å². The first-order chi connectivity index (χ1) is 17.4. The molecule has 0 aliphatic heterocycles. The van der Waals surface area contributed by atoms with Gasteiger partial charge in [-0.15, -0.1) is 0 Å². The van der Waals surface area contributed by atoms with E-state index in [1.165, 1.54) is 17.7 Å². The maximum absolute atomic E-state index is 13.1. The van der Waals surface area contributed by atoms with Crippen LogP contribution in [0.2, 0.25) is 0 Å². The van der Waals surface area contributed by atoms with Crippen molar-refractivity contribution in [1.29, 1.82) is 0 Å². The minimum atomic E-state index is -0.939. The zero-order chi connectivity index (χ0) is 25.5. The van der Waals surface area contributed by atoms with Gasteiger partial charge in [-0.25, -0.2) is 9.37 Å². The summed E-state index contributed by atoms with van der Waals surface area (Å²) < 4.78 is 24.8. The predicted octanol–water partition coefficient (Wildman–Crippen LogP) is 5.50. The lowest BCUT2D eigenvalue weighted by molar-refractivity contribution is -0.139. The van der Waals surface area contributed by atoms with Gasteiger partial charge >= 0.3 is 5.97 Å². The van der Waals surface area contributed by atoms with Crippen LogP contribution >= 0.6 is 0 Å². The van der Waals surface area contributed by atoms with Crippen molar-refractivity contribution in [2.45, 2.75) is 39.3 Å². The Morgan fingerprint density at radius 2 is 1.67 bits per heavy atom. The van der Waals surface area contributed by atoms with Crippen molar-refractivity contribution in [3.8, 4) is 17.2 Å². The second kappa shape index (κ2) is 11.6. The van der Waals surface area contributed by atoms with E-state index in [2.05, 4.69) is 10.3 Å². The van der Waals surface area contributed by atoms with Gasteiger partial charge < -0.3 is 19.6 Å². The van der Waals surface area contributed by atoms with Crippen LogP contribution in [0.25, 0.3) is 11.5 Å². The highest BCUT2D eigenvalue weighted by molar-refractivity contribution is 5.74. The van der Waals surface area contributed by atoms with E-state index in [1.54, 1.807) is 12.1 Å². The van der Waals surface area contributed by atoms with E-state index in [0.29, 0.717) is 37.6 Å². The maximum atomic E-state index is 13.1. The first kappa shape index (κ1) is 25.1. The lowest BCUT2D eigenvalue weighted by Crippen LogP contribution is -2.38. The fraction of sp³-hybridized carbons (Fsp3) is 0.241. The molecule has 0 bridgehead atoms. The number of benzene rings is 3. The molecular weight excluding hydrogens is 459 g/mol. The summed E-state index contributed by atoms with van der Waals surface area (Å²) in [5.41, 5.74) is 4.68. The molecule has 1 unspecified atom stereocenters. The number of hydrogen-bond donors (Lipinski definition) is 2. The van der Waals surface area contributed by atoms with Crippen molar-refractivity contribution in [2.75, 3.05) is 6.61 Å². The summed E-state index contributed by atoms with van der Waals surface area (Å²) in [7, 11) is 0. The highest BCUT2D eigenvalue weighted by atomic mass is 19.1. The fourth-order valence-corrected chi connectivity index (χ4v) is 3.79. The molecule has 2 N–H and O–H groups in total. The van der Waals surface area contributed by atoms with Crippen LogP contribution < -0.4 is 10.1 Å². The smallest absolute Gasteiger partial charge is 0.321 e. The van der Waals surface area contributed by atoms with E-state index in [1.807, 2.05) is 62.4 Å². The maximum Gasteiger partial charge on any atom is 0.321 e. The molecule has 4 rings (SSSR count). The average molecular weight is 489 g/mol. The monoisotopic (exact) mass is 488 g/mol. The quantitative estimate of drug-likeness (QED) is 0.290. The number of halogens is 1. The summed E-state index contributed by atoms with van der Waals surface area (Å²) in [5, 5.41) is 12.6. The molecule has 6 nitrogen and oxygen atoms in total. The largest absolute Gasteiger partial charge is 0.493 e. The van der Waals surface area contributed by atoms with Crippen molar-refractivity contribution in [3.05, 3.63) is 107 Å². The van der Waals surface area contributed by atoms with E-state index < -0.39 is 12.0 Å². The van der Waals surface area contributed by atoms with Gasteiger partial charge in [-0.3, -0.25) is 4.79 Å². The first-order valence-electron chi connectivity index (χ1n) is 11.8. The number of aryl methyl sites for hydroxylation is 2. The summed E-state index contributed by atoms with van der Waals surface area (Å²) in [6, 6.07) is 20.7. The van der Waals surface area contributed by atoms with Gasteiger partial charge in [0.15, 0.2) is 0 Å². The Morgan fingerprint density at radius 3 is 2.33 bits per heavy atom. The number of hydrogen-bond acceptors (Lipinski definition) is 5. The molecule has 0 aliphatic rings. The molecule has 0 fully saturated rings. The summed E-state index contributed by atoms with van der Waals surface area (Å²) in [5.74, 6) is 0.819. The third kappa shape index (κ3) is 6.79. The average Bonchev–Trinajstić information content (AvgIpc) is 3.24. The van der Waals surface area contributed by atoms with Gasteiger partial charge in [0.2, 0.25) is 5.89 Å². The molecular formula is C29H29FN2O4. The van der Waals surface area contributed by atoms with Crippen molar-refractivity contribution >= 4 is 5.97 Å². The van der Waals surface area contributed by atoms with Gasteiger partial charge in [0.1, 0.15) is 23.4 Å². The number of aliphatic carboxylic acids is 1.